The molecule has 0 spiro atoms. The van der Waals surface area contributed by atoms with E-state index in [-0.39, 0.29) is 24.3 Å². The molecule has 1 aliphatic rings. The van der Waals surface area contributed by atoms with Gasteiger partial charge in [-0.2, -0.15) is 4.98 Å². The molecule has 146 valence electrons. The van der Waals surface area contributed by atoms with Gasteiger partial charge < -0.3 is 10.2 Å². The SMILES string of the molecule is Cc1nc(Nc2ccc(F)cc2)nc(N2CCc3ccccc3C2C)c1C.Cl. The van der Waals surface area contributed by atoms with E-state index in [0.717, 1.165) is 35.7 Å². The van der Waals surface area contributed by atoms with Crippen LogP contribution in [0.3, 0.4) is 0 Å². The molecule has 0 saturated carbocycles. The summed E-state index contributed by atoms with van der Waals surface area (Å²) in [5.41, 5.74) is 5.56. The van der Waals surface area contributed by atoms with E-state index >= 15 is 0 Å². The predicted octanol–water partition coefficient (Wildman–Crippen LogP) is 5.52. The minimum absolute atomic E-state index is 0. The van der Waals surface area contributed by atoms with Crippen LogP contribution >= 0.6 is 12.4 Å². The molecule has 0 fully saturated rings. The van der Waals surface area contributed by atoms with Crippen LogP contribution in [0.2, 0.25) is 0 Å². The number of aromatic nitrogens is 2. The van der Waals surface area contributed by atoms with Gasteiger partial charge >= 0.3 is 0 Å². The lowest BCUT2D eigenvalue weighted by molar-refractivity contribution is 0.614. The largest absolute Gasteiger partial charge is 0.349 e. The lowest BCUT2D eigenvalue weighted by Crippen LogP contribution is -2.35. The molecule has 1 aliphatic heterocycles. The molecule has 6 heteroatoms. The number of fused-ring (bicyclic) bond motifs is 1. The summed E-state index contributed by atoms with van der Waals surface area (Å²) in [6.45, 7) is 7.21. The van der Waals surface area contributed by atoms with Gasteiger partial charge in [-0.25, -0.2) is 9.37 Å². The van der Waals surface area contributed by atoms with Gasteiger partial charge in [-0.1, -0.05) is 24.3 Å². The Morgan fingerprint density at radius 2 is 1.75 bits per heavy atom. The quantitative estimate of drug-likeness (QED) is 0.630. The van der Waals surface area contributed by atoms with Crippen molar-refractivity contribution in [2.45, 2.75) is 33.2 Å². The summed E-state index contributed by atoms with van der Waals surface area (Å²) in [6, 6.07) is 15.1. The summed E-state index contributed by atoms with van der Waals surface area (Å²) in [5.74, 6) is 1.22. The standard InChI is InChI=1S/C22H23FN4.ClH/c1-14-15(2)24-22(25-19-10-8-18(23)9-11-19)26-21(14)27-13-12-17-6-4-5-7-20(17)16(27)3;/h4-11,16H,12-13H2,1-3H3,(H,24,25,26);1H. The number of nitrogens with zero attached hydrogens (tertiary/aromatic N) is 3. The highest BCUT2D eigenvalue weighted by Crippen LogP contribution is 2.35. The molecule has 28 heavy (non-hydrogen) atoms. The van der Waals surface area contributed by atoms with Crippen molar-refractivity contribution in [3.8, 4) is 0 Å². The van der Waals surface area contributed by atoms with E-state index in [2.05, 4.69) is 53.3 Å². The smallest absolute Gasteiger partial charge is 0.229 e. The molecule has 0 bridgehead atoms. The predicted molar refractivity (Wildman–Crippen MR) is 114 cm³/mol. The lowest BCUT2D eigenvalue weighted by atomic mass is 9.93. The summed E-state index contributed by atoms with van der Waals surface area (Å²) >= 11 is 0. The third-order valence-corrected chi connectivity index (χ3v) is 5.33. The molecular weight excluding hydrogens is 375 g/mol. The minimum atomic E-state index is -0.261. The molecule has 0 saturated heterocycles. The first-order valence-electron chi connectivity index (χ1n) is 9.25. The normalized spacial score (nSPS) is 15.6. The average molecular weight is 399 g/mol. The van der Waals surface area contributed by atoms with E-state index in [4.69, 9.17) is 4.98 Å². The van der Waals surface area contributed by atoms with Crippen LogP contribution in [0.4, 0.5) is 21.8 Å². The Hall–Kier alpha value is -2.66. The summed E-state index contributed by atoms with van der Waals surface area (Å²) in [4.78, 5) is 11.7. The molecule has 1 atom stereocenters. The number of hydrogen-bond donors (Lipinski definition) is 1. The van der Waals surface area contributed by atoms with Crippen molar-refractivity contribution in [2.75, 3.05) is 16.8 Å². The van der Waals surface area contributed by atoms with E-state index in [9.17, 15) is 4.39 Å². The van der Waals surface area contributed by atoms with Crippen LogP contribution in [0.1, 0.15) is 35.3 Å². The van der Waals surface area contributed by atoms with Crippen LogP contribution in [-0.4, -0.2) is 16.5 Å². The van der Waals surface area contributed by atoms with Crippen molar-refractivity contribution in [2.24, 2.45) is 0 Å². The first kappa shape index (κ1) is 20.1. The molecule has 4 rings (SSSR count). The first-order chi connectivity index (χ1) is 13.0. The van der Waals surface area contributed by atoms with Crippen LogP contribution in [0.5, 0.6) is 0 Å². The molecule has 0 amide bonds. The molecule has 3 aromatic rings. The Morgan fingerprint density at radius 1 is 1.04 bits per heavy atom. The Balaban J connectivity index is 0.00000225. The van der Waals surface area contributed by atoms with Crippen molar-refractivity contribution < 1.29 is 4.39 Å². The third-order valence-electron chi connectivity index (χ3n) is 5.33. The molecule has 4 nitrogen and oxygen atoms in total. The van der Waals surface area contributed by atoms with Crippen LogP contribution < -0.4 is 10.2 Å². The molecular formula is C22H24ClFN4. The minimum Gasteiger partial charge on any atom is -0.349 e. The molecule has 0 aliphatic carbocycles. The number of hydrogen-bond acceptors (Lipinski definition) is 4. The summed E-state index contributed by atoms with van der Waals surface area (Å²) in [6.07, 6.45) is 1.00. The van der Waals surface area contributed by atoms with Crippen LogP contribution in [0.15, 0.2) is 48.5 Å². The summed E-state index contributed by atoms with van der Waals surface area (Å²) in [7, 11) is 0. The average Bonchev–Trinajstić information content (AvgIpc) is 2.67. The number of rotatable bonds is 3. The van der Waals surface area contributed by atoms with Crippen LogP contribution in [0, 0.1) is 19.7 Å². The van der Waals surface area contributed by atoms with E-state index < -0.39 is 0 Å². The highest BCUT2D eigenvalue weighted by atomic mass is 35.5. The van der Waals surface area contributed by atoms with Gasteiger partial charge in [-0.15, -0.1) is 12.4 Å². The molecule has 0 radical (unpaired) electrons. The van der Waals surface area contributed by atoms with Crippen molar-refractivity contribution in [3.63, 3.8) is 0 Å². The van der Waals surface area contributed by atoms with Crippen molar-refractivity contribution in [3.05, 3.63) is 76.7 Å². The van der Waals surface area contributed by atoms with Gasteiger partial charge in [0.05, 0.1) is 6.04 Å². The number of halogens is 2. The lowest BCUT2D eigenvalue weighted by Gasteiger charge is -2.37. The summed E-state index contributed by atoms with van der Waals surface area (Å²) in [5, 5.41) is 3.20. The zero-order valence-electron chi connectivity index (χ0n) is 16.2. The van der Waals surface area contributed by atoms with Crippen molar-refractivity contribution >= 4 is 29.9 Å². The van der Waals surface area contributed by atoms with Gasteiger partial charge in [0.15, 0.2) is 0 Å². The fourth-order valence-electron chi connectivity index (χ4n) is 3.67. The van der Waals surface area contributed by atoms with Gasteiger partial charge in [0.2, 0.25) is 5.95 Å². The first-order valence-corrected chi connectivity index (χ1v) is 9.25. The van der Waals surface area contributed by atoms with Gasteiger partial charge in [0.1, 0.15) is 11.6 Å². The second kappa shape index (κ2) is 8.15. The van der Waals surface area contributed by atoms with E-state index in [1.165, 1.54) is 23.3 Å². The Labute approximate surface area is 171 Å². The fraction of sp³-hybridized carbons (Fsp3) is 0.273. The van der Waals surface area contributed by atoms with Crippen molar-refractivity contribution in [1.29, 1.82) is 0 Å². The van der Waals surface area contributed by atoms with E-state index in [1.54, 1.807) is 12.1 Å². The van der Waals surface area contributed by atoms with Gasteiger partial charge in [-0.05, 0) is 62.6 Å². The number of benzene rings is 2. The molecule has 1 aromatic heterocycles. The topological polar surface area (TPSA) is 41.1 Å². The second-order valence-corrected chi connectivity index (χ2v) is 7.03. The maximum absolute atomic E-state index is 13.1. The van der Waals surface area contributed by atoms with Crippen LogP contribution in [-0.2, 0) is 6.42 Å². The Kier molecular flexibility index (Phi) is 5.84. The number of nitrogens with one attached hydrogen (secondary N) is 1. The van der Waals surface area contributed by atoms with E-state index in [0.29, 0.717) is 5.95 Å². The van der Waals surface area contributed by atoms with Gasteiger partial charge in [0, 0.05) is 23.5 Å². The maximum Gasteiger partial charge on any atom is 0.229 e. The van der Waals surface area contributed by atoms with Crippen LogP contribution in [0.25, 0.3) is 0 Å². The highest BCUT2D eigenvalue weighted by Gasteiger charge is 2.26. The molecule has 2 heterocycles. The monoisotopic (exact) mass is 398 g/mol. The van der Waals surface area contributed by atoms with Gasteiger partial charge in [-0.3, -0.25) is 0 Å². The maximum atomic E-state index is 13.1. The summed E-state index contributed by atoms with van der Waals surface area (Å²) < 4.78 is 13.1. The Bertz CT molecular complexity index is 975. The zero-order valence-corrected chi connectivity index (χ0v) is 17.1. The number of aryl methyl sites for hydroxylation is 1. The van der Waals surface area contributed by atoms with Gasteiger partial charge in [0.25, 0.3) is 0 Å². The molecule has 2 aromatic carbocycles. The van der Waals surface area contributed by atoms with E-state index in [1.807, 2.05) is 6.92 Å². The van der Waals surface area contributed by atoms with Crippen molar-refractivity contribution in [1.82, 2.24) is 9.97 Å². The number of anilines is 3. The molecule has 1 unspecified atom stereocenters. The third kappa shape index (κ3) is 3.80. The molecule has 1 N–H and O–H groups in total. The fourth-order valence-corrected chi connectivity index (χ4v) is 3.67. The Morgan fingerprint density at radius 3 is 2.50 bits per heavy atom. The highest BCUT2D eigenvalue weighted by molar-refractivity contribution is 5.85. The second-order valence-electron chi connectivity index (χ2n) is 7.03. The zero-order chi connectivity index (χ0) is 19.0.